The van der Waals surface area contributed by atoms with Crippen molar-refractivity contribution in [3.63, 3.8) is 0 Å². The van der Waals surface area contributed by atoms with E-state index in [9.17, 15) is 14.4 Å². The maximum atomic E-state index is 11.7. The van der Waals surface area contributed by atoms with E-state index in [1.807, 2.05) is 13.8 Å². The molecule has 1 unspecified atom stereocenters. The molecule has 17 heavy (non-hydrogen) atoms. The first-order chi connectivity index (χ1) is 7.78. The SMILES string of the molecule is CCC(C)NC(=O)CN1C(=O)NC(=O)C1(C)C. The fourth-order valence-corrected chi connectivity index (χ4v) is 1.53. The number of carbonyl (C=O) groups excluding carboxylic acids is 3. The van der Waals surface area contributed by atoms with Gasteiger partial charge >= 0.3 is 6.03 Å². The van der Waals surface area contributed by atoms with Crippen LogP contribution in [-0.2, 0) is 9.59 Å². The molecule has 1 saturated heterocycles. The van der Waals surface area contributed by atoms with Gasteiger partial charge in [0.25, 0.3) is 5.91 Å². The molecule has 1 aliphatic heterocycles. The summed E-state index contributed by atoms with van der Waals surface area (Å²) in [5.41, 5.74) is -0.968. The van der Waals surface area contributed by atoms with Crippen molar-refractivity contribution < 1.29 is 14.4 Å². The van der Waals surface area contributed by atoms with Crippen molar-refractivity contribution in [2.45, 2.75) is 45.7 Å². The summed E-state index contributed by atoms with van der Waals surface area (Å²) < 4.78 is 0. The van der Waals surface area contributed by atoms with Gasteiger partial charge in [0.1, 0.15) is 12.1 Å². The third-order valence-electron chi connectivity index (χ3n) is 3.02. The maximum Gasteiger partial charge on any atom is 0.325 e. The van der Waals surface area contributed by atoms with Gasteiger partial charge in [-0.3, -0.25) is 14.9 Å². The van der Waals surface area contributed by atoms with E-state index in [-0.39, 0.29) is 24.4 Å². The minimum Gasteiger partial charge on any atom is -0.352 e. The average molecular weight is 241 g/mol. The molecule has 96 valence electrons. The first kappa shape index (κ1) is 13.5. The highest BCUT2D eigenvalue weighted by Crippen LogP contribution is 2.20. The van der Waals surface area contributed by atoms with Crippen LogP contribution >= 0.6 is 0 Å². The van der Waals surface area contributed by atoms with Crippen LogP contribution in [0.25, 0.3) is 0 Å². The number of amides is 4. The minimum atomic E-state index is -0.968. The maximum absolute atomic E-state index is 11.7. The zero-order chi connectivity index (χ0) is 13.2. The molecule has 0 spiro atoms. The van der Waals surface area contributed by atoms with Gasteiger partial charge in [-0.15, -0.1) is 0 Å². The van der Waals surface area contributed by atoms with Crippen molar-refractivity contribution in [3.05, 3.63) is 0 Å². The van der Waals surface area contributed by atoms with Gasteiger partial charge in [0.2, 0.25) is 5.91 Å². The van der Waals surface area contributed by atoms with Crippen LogP contribution in [0.5, 0.6) is 0 Å². The molecule has 1 atom stereocenters. The first-order valence-electron chi connectivity index (χ1n) is 5.71. The van der Waals surface area contributed by atoms with Gasteiger partial charge in [0.05, 0.1) is 0 Å². The fourth-order valence-electron chi connectivity index (χ4n) is 1.53. The molecular weight excluding hydrogens is 222 g/mol. The number of rotatable bonds is 4. The Hall–Kier alpha value is -1.59. The van der Waals surface area contributed by atoms with Gasteiger partial charge in [-0.25, -0.2) is 4.79 Å². The van der Waals surface area contributed by atoms with Crippen LogP contribution in [0.1, 0.15) is 34.1 Å². The van der Waals surface area contributed by atoms with Gasteiger partial charge in [-0.2, -0.15) is 0 Å². The van der Waals surface area contributed by atoms with E-state index in [0.29, 0.717) is 0 Å². The molecule has 1 aliphatic rings. The molecule has 0 bridgehead atoms. The smallest absolute Gasteiger partial charge is 0.325 e. The lowest BCUT2D eigenvalue weighted by Crippen LogP contribution is -2.49. The summed E-state index contributed by atoms with van der Waals surface area (Å²) in [5.74, 6) is -0.629. The van der Waals surface area contributed by atoms with Crippen LogP contribution in [0.4, 0.5) is 4.79 Å². The van der Waals surface area contributed by atoms with Crippen LogP contribution in [0.15, 0.2) is 0 Å². The predicted molar refractivity (Wildman–Crippen MR) is 62.2 cm³/mol. The van der Waals surface area contributed by atoms with Gasteiger partial charge in [-0.05, 0) is 27.2 Å². The molecule has 6 heteroatoms. The molecule has 0 aromatic rings. The summed E-state index contributed by atoms with van der Waals surface area (Å²) in [4.78, 5) is 35.9. The van der Waals surface area contributed by atoms with E-state index < -0.39 is 11.6 Å². The molecule has 1 rings (SSSR count). The van der Waals surface area contributed by atoms with Crippen molar-refractivity contribution >= 4 is 17.8 Å². The topological polar surface area (TPSA) is 78.5 Å². The Bertz CT molecular complexity index is 352. The van der Waals surface area contributed by atoms with Crippen molar-refractivity contribution in [1.82, 2.24) is 15.5 Å². The van der Waals surface area contributed by atoms with E-state index in [1.54, 1.807) is 13.8 Å². The van der Waals surface area contributed by atoms with Gasteiger partial charge in [0.15, 0.2) is 0 Å². The lowest BCUT2D eigenvalue weighted by Gasteiger charge is -2.27. The van der Waals surface area contributed by atoms with Crippen molar-refractivity contribution in [2.75, 3.05) is 6.54 Å². The van der Waals surface area contributed by atoms with E-state index in [0.717, 1.165) is 6.42 Å². The molecular formula is C11H19N3O3. The van der Waals surface area contributed by atoms with Crippen LogP contribution < -0.4 is 10.6 Å². The van der Waals surface area contributed by atoms with Crippen molar-refractivity contribution in [2.24, 2.45) is 0 Å². The second kappa shape index (κ2) is 4.73. The Kier molecular flexibility index (Phi) is 3.75. The van der Waals surface area contributed by atoms with Crippen LogP contribution in [0, 0.1) is 0 Å². The van der Waals surface area contributed by atoms with Crippen LogP contribution in [0.2, 0.25) is 0 Å². The zero-order valence-electron chi connectivity index (χ0n) is 10.7. The minimum absolute atomic E-state index is 0.0620. The third kappa shape index (κ3) is 2.75. The Morgan fingerprint density at radius 2 is 2.06 bits per heavy atom. The lowest BCUT2D eigenvalue weighted by molar-refractivity contribution is -0.127. The Balaban J connectivity index is 2.65. The molecule has 0 aromatic heterocycles. The Labute approximate surface area is 101 Å². The quantitative estimate of drug-likeness (QED) is 0.692. The Morgan fingerprint density at radius 1 is 1.47 bits per heavy atom. The molecule has 1 heterocycles. The highest BCUT2D eigenvalue weighted by Gasteiger charge is 2.46. The summed E-state index contributed by atoms with van der Waals surface area (Å²) in [6, 6.07) is -0.453. The monoisotopic (exact) mass is 241 g/mol. The Morgan fingerprint density at radius 3 is 2.47 bits per heavy atom. The highest BCUT2D eigenvalue weighted by atomic mass is 16.2. The lowest BCUT2D eigenvalue weighted by atomic mass is 10.0. The molecule has 0 radical (unpaired) electrons. The predicted octanol–water partition coefficient (Wildman–Crippen LogP) is 0.231. The van der Waals surface area contributed by atoms with Crippen LogP contribution in [-0.4, -0.2) is 40.9 Å². The summed E-state index contributed by atoms with van der Waals surface area (Å²) >= 11 is 0. The van der Waals surface area contributed by atoms with Crippen molar-refractivity contribution in [1.29, 1.82) is 0 Å². The molecule has 0 saturated carbocycles. The number of hydrogen-bond donors (Lipinski definition) is 2. The van der Waals surface area contributed by atoms with E-state index >= 15 is 0 Å². The largest absolute Gasteiger partial charge is 0.352 e. The number of imide groups is 1. The second-order valence-electron chi connectivity index (χ2n) is 4.78. The number of hydrogen-bond acceptors (Lipinski definition) is 3. The number of carbonyl (C=O) groups is 3. The number of nitrogens with zero attached hydrogens (tertiary/aromatic N) is 1. The number of nitrogens with one attached hydrogen (secondary N) is 2. The summed E-state index contributed by atoms with van der Waals surface area (Å²) in [7, 11) is 0. The van der Waals surface area contributed by atoms with Gasteiger partial charge in [0, 0.05) is 6.04 Å². The second-order valence-corrected chi connectivity index (χ2v) is 4.78. The molecule has 6 nitrogen and oxygen atoms in total. The van der Waals surface area contributed by atoms with Crippen LogP contribution in [0.3, 0.4) is 0 Å². The molecule has 0 aromatic carbocycles. The highest BCUT2D eigenvalue weighted by molar-refractivity contribution is 6.07. The van der Waals surface area contributed by atoms with E-state index in [2.05, 4.69) is 10.6 Å². The molecule has 2 N–H and O–H groups in total. The standard InChI is InChI=1S/C11H19N3O3/c1-5-7(2)12-8(15)6-14-10(17)13-9(16)11(14,3)4/h7H,5-6H2,1-4H3,(H,12,15)(H,13,16,17). The van der Waals surface area contributed by atoms with Crippen molar-refractivity contribution in [3.8, 4) is 0 Å². The summed E-state index contributed by atoms with van der Waals surface area (Å²) in [6.07, 6.45) is 0.820. The van der Waals surface area contributed by atoms with Gasteiger partial charge in [-0.1, -0.05) is 6.92 Å². The molecule has 4 amide bonds. The van der Waals surface area contributed by atoms with Gasteiger partial charge < -0.3 is 10.2 Å². The number of urea groups is 1. The average Bonchev–Trinajstić information content (AvgIpc) is 2.41. The third-order valence-corrected chi connectivity index (χ3v) is 3.02. The van der Waals surface area contributed by atoms with E-state index in [4.69, 9.17) is 0 Å². The van der Waals surface area contributed by atoms with E-state index in [1.165, 1.54) is 4.90 Å². The molecule has 1 fully saturated rings. The summed E-state index contributed by atoms with van der Waals surface area (Å²) in [5, 5.41) is 4.96. The zero-order valence-corrected chi connectivity index (χ0v) is 10.7. The summed E-state index contributed by atoms with van der Waals surface area (Å²) in [6.45, 7) is 6.97. The molecule has 0 aliphatic carbocycles. The first-order valence-corrected chi connectivity index (χ1v) is 5.71. The fraction of sp³-hybridized carbons (Fsp3) is 0.727. The normalized spacial score (nSPS) is 20.1.